The highest BCUT2D eigenvalue weighted by atomic mass is 16.5. The Morgan fingerprint density at radius 1 is 1.26 bits per heavy atom. The minimum atomic E-state index is -0.527. The monoisotopic (exact) mass is 265 g/mol. The predicted molar refractivity (Wildman–Crippen MR) is 75.0 cm³/mol. The Morgan fingerprint density at radius 3 is 2.32 bits per heavy atom. The first-order chi connectivity index (χ1) is 9.10. The maximum atomic E-state index is 11.9. The standard InChI is InChI=1S/C15H23NO3/c1-4-13(5-2)16-15(18)11(3)19-14-8-6-12(10-17)7-9-14/h6-9,11,13,17H,4-5,10H2,1-3H3,(H,16,18). The molecule has 1 unspecified atom stereocenters. The highest BCUT2D eigenvalue weighted by Gasteiger charge is 2.17. The molecule has 19 heavy (non-hydrogen) atoms. The number of rotatable bonds is 7. The van der Waals surface area contributed by atoms with Crippen LogP contribution in [0.1, 0.15) is 39.2 Å². The molecule has 0 aliphatic carbocycles. The first-order valence-electron chi connectivity index (χ1n) is 6.77. The van der Waals surface area contributed by atoms with Gasteiger partial charge in [-0.05, 0) is 37.5 Å². The Morgan fingerprint density at radius 2 is 1.84 bits per heavy atom. The van der Waals surface area contributed by atoms with E-state index in [1.807, 2.05) is 13.8 Å². The predicted octanol–water partition coefficient (Wildman–Crippen LogP) is 2.25. The SMILES string of the molecule is CCC(CC)NC(=O)C(C)Oc1ccc(CO)cc1. The van der Waals surface area contributed by atoms with Crippen LogP contribution < -0.4 is 10.1 Å². The van der Waals surface area contributed by atoms with Crippen LogP contribution in [-0.4, -0.2) is 23.2 Å². The van der Waals surface area contributed by atoms with Crippen molar-refractivity contribution in [1.82, 2.24) is 5.32 Å². The zero-order valence-corrected chi connectivity index (χ0v) is 11.8. The zero-order valence-electron chi connectivity index (χ0n) is 11.8. The maximum absolute atomic E-state index is 11.9. The van der Waals surface area contributed by atoms with E-state index in [-0.39, 0.29) is 18.6 Å². The normalized spacial score (nSPS) is 12.3. The van der Waals surface area contributed by atoms with Gasteiger partial charge in [-0.15, -0.1) is 0 Å². The summed E-state index contributed by atoms with van der Waals surface area (Å²) in [5.74, 6) is 0.532. The molecule has 0 fully saturated rings. The van der Waals surface area contributed by atoms with Gasteiger partial charge in [0.05, 0.1) is 6.61 Å². The van der Waals surface area contributed by atoms with Gasteiger partial charge in [-0.1, -0.05) is 26.0 Å². The number of aliphatic hydroxyl groups is 1. The number of hydrogen-bond donors (Lipinski definition) is 2. The van der Waals surface area contributed by atoms with Crippen LogP contribution >= 0.6 is 0 Å². The van der Waals surface area contributed by atoms with Gasteiger partial charge in [0.15, 0.2) is 6.10 Å². The van der Waals surface area contributed by atoms with Crippen LogP contribution in [0.5, 0.6) is 5.75 Å². The summed E-state index contributed by atoms with van der Waals surface area (Å²) in [6, 6.07) is 7.27. The second kappa shape index (κ2) is 7.79. The fourth-order valence-electron chi connectivity index (χ4n) is 1.74. The molecule has 1 amide bonds. The van der Waals surface area contributed by atoms with Gasteiger partial charge in [0, 0.05) is 6.04 Å². The molecule has 106 valence electrons. The average Bonchev–Trinajstić information content (AvgIpc) is 2.45. The smallest absolute Gasteiger partial charge is 0.260 e. The third kappa shape index (κ3) is 4.91. The summed E-state index contributed by atoms with van der Waals surface area (Å²) in [4.78, 5) is 11.9. The van der Waals surface area contributed by atoms with Crippen molar-refractivity contribution < 1.29 is 14.6 Å². The molecule has 0 aliphatic heterocycles. The van der Waals surface area contributed by atoms with E-state index in [9.17, 15) is 4.79 Å². The highest BCUT2D eigenvalue weighted by molar-refractivity contribution is 5.81. The number of amides is 1. The lowest BCUT2D eigenvalue weighted by molar-refractivity contribution is -0.128. The third-order valence-corrected chi connectivity index (χ3v) is 3.12. The summed E-state index contributed by atoms with van der Waals surface area (Å²) < 4.78 is 5.57. The van der Waals surface area contributed by atoms with Crippen LogP contribution in [0.25, 0.3) is 0 Å². The van der Waals surface area contributed by atoms with E-state index in [1.165, 1.54) is 0 Å². The van der Waals surface area contributed by atoms with Crippen molar-refractivity contribution >= 4 is 5.91 Å². The molecule has 0 heterocycles. The number of carbonyl (C=O) groups is 1. The molecule has 0 saturated carbocycles. The molecule has 0 aromatic heterocycles. The van der Waals surface area contributed by atoms with Crippen LogP contribution in [0.4, 0.5) is 0 Å². The van der Waals surface area contributed by atoms with Crippen molar-refractivity contribution in [2.45, 2.75) is 52.4 Å². The number of carbonyl (C=O) groups excluding carboxylic acids is 1. The molecule has 4 heteroatoms. The second-order valence-corrected chi connectivity index (χ2v) is 4.58. The van der Waals surface area contributed by atoms with E-state index in [1.54, 1.807) is 31.2 Å². The van der Waals surface area contributed by atoms with E-state index >= 15 is 0 Å². The van der Waals surface area contributed by atoms with Gasteiger partial charge in [-0.25, -0.2) is 0 Å². The topological polar surface area (TPSA) is 58.6 Å². The quantitative estimate of drug-likeness (QED) is 0.795. The number of aliphatic hydroxyl groups excluding tert-OH is 1. The Balaban J connectivity index is 2.53. The van der Waals surface area contributed by atoms with E-state index in [0.717, 1.165) is 18.4 Å². The van der Waals surface area contributed by atoms with E-state index < -0.39 is 6.10 Å². The lowest BCUT2D eigenvalue weighted by Crippen LogP contribution is -2.42. The Bertz CT molecular complexity index is 385. The number of nitrogens with one attached hydrogen (secondary N) is 1. The maximum Gasteiger partial charge on any atom is 0.260 e. The molecule has 0 bridgehead atoms. The molecule has 1 aromatic rings. The summed E-state index contributed by atoms with van der Waals surface area (Å²) in [5.41, 5.74) is 0.821. The molecular formula is C15H23NO3. The van der Waals surface area contributed by atoms with Gasteiger partial charge < -0.3 is 15.2 Å². The fourth-order valence-corrected chi connectivity index (χ4v) is 1.74. The minimum absolute atomic E-state index is 0.00496. The van der Waals surface area contributed by atoms with Crippen molar-refractivity contribution in [2.24, 2.45) is 0 Å². The van der Waals surface area contributed by atoms with Gasteiger partial charge >= 0.3 is 0 Å². The zero-order chi connectivity index (χ0) is 14.3. The first-order valence-corrected chi connectivity index (χ1v) is 6.77. The molecule has 1 aromatic carbocycles. The van der Waals surface area contributed by atoms with Crippen molar-refractivity contribution in [3.05, 3.63) is 29.8 Å². The molecule has 4 nitrogen and oxygen atoms in total. The van der Waals surface area contributed by atoms with Crippen molar-refractivity contribution in [3.63, 3.8) is 0 Å². The van der Waals surface area contributed by atoms with Crippen LogP contribution in [0.3, 0.4) is 0 Å². The molecule has 1 rings (SSSR count). The summed E-state index contributed by atoms with van der Waals surface area (Å²) in [7, 11) is 0. The van der Waals surface area contributed by atoms with Crippen LogP contribution in [0.15, 0.2) is 24.3 Å². The molecular weight excluding hydrogens is 242 g/mol. The number of hydrogen-bond acceptors (Lipinski definition) is 3. The van der Waals surface area contributed by atoms with E-state index in [4.69, 9.17) is 9.84 Å². The molecule has 0 saturated heterocycles. The molecule has 0 radical (unpaired) electrons. The summed E-state index contributed by atoms with van der Waals surface area (Å²) in [5, 5.41) is 11.9. The molecule has 0 spiro atoms. The largest absolute Gasteiger partial charge is 0.481 e. The van der Waals surface area contributed by atoms with Crippen LogP contribution in [-0.2, 0) is 11.4 Å². The Kier molecular flexibility index (Phi) is 6.36. The van der Waals surface area contributed by atoms with E-state index in [2.05, 4.69) is 5.32 Å². The van der Waals surface area contributed by atoms with Gasteiger partial charge in [-0.3, -0.25) is 4.79 Å². The van der Waals surface area contributed by atoms with Gasteiger partial charge in [0.1, 0.15) is 5.75 Å². The van der Waals surface area contributed by atoms with Gasteiger partial charge in [-0.2, -0.15) is 0 Å². The highest BCUT2D eigenvalue weighted by Crippen LogP contribution is 2.14. The Hall–Kier alpha value is -1.55. The van der Waals surface area contributed by atoms with E-state index in [0.29, 0.717) is 5.75 Å². The second-order valence-electron chi connectivity index (χ2n) is 4.58. The molecule has 1 atom stereocenters. The van der Waals surface area contributed by atoms with Crippen molar-refractivity contribution in [3.8, 4) is 5.75 Å². The third-order valence-electron chi connectivity index (χ3n) is 3.12. The lowest BCUT2D eigenvalue weighted by Gasteiger charge is -2.19. The molecule has 2 N–H and O–H groups in total. The fraction of sp³-hybridized carbons (Fsp3) is 0.533. The number of benzene rings is 1. The summed E-state index contributed by atoms with van der Waals surface area (Å²) >= 11 is 0. The number of ether oxygens (including phenoxy) is 1. The van der Waals surface area contributed by atoms with Crippen molar-refractivity contribution in [1.29, 1.82) is 0 Å². The lowest BCUT2D eigenvalue weighted by atomic mass is 10.1. The summed E-state index contributed by atoms with van der Waals surface area (Å²) in [6.07, 6.45) is 1.31. The van der Waals surface area contributed by atoms with Gasteiger partial charge in [0.25, 0.3) is 5.91 Å². The molecule has 0 aliphatic rings. The van der Waals surface area contributed by atoms with Crippen LogP contribution in [0, 0.1) is 0 Å². The van der Waals surface area contributed by atoms with Gasteiger partial charge in [0.2, 0.25) is 0 Å². The van der Waals surface area contributed by atoms with Crippen molar-refractivity contribution in [2.75, 3.05) is 0 Å². The van der Waals surface area contributed by atoms with Crippen LogP contribution in [0.2, 0.25) is 0 Å². The first kappa shape index (κ1) is 15.5. The minimum Gasteiger partial charge on any atom is -0.481 e. The average molecular weight is 265 g/mol. The summed E-state index contributed by atoms with van der Waals surface area (Å²) in [6.45, 7) is 5.84. The Labute approximate surface area is 114 Å².